The summed E-state index contributed by atoms with van der Waals surface area (Å²) in [5.74, 6) is 3.41. The zero-order chi connectivity index (χ0) is 14.3. The van der Waals surface area contributed by atoms with E-state index in [-0.39, 0.29) is 0 Å². The van der Waals surface area contributed by atoms with Gasteiger partial charge < -0.3 is 10.1 Å². The maximum Gasteiger partial charge on any atom is 0.126 e. The zero-order valence-electron chi connectivity index (χ0n) is 12.9. The molecule has 0 saturated heterocycles. The molecule has 1 saturated carbocycles. The lowest BCUT2D eigenvalue weighted by molar-refractivity contribution is 0.398. The Bertz CT molecular complexity index is 534. The number of allylic oxidation sites excluding steroid dienone is 2. The van der Waals surface area contributed by atoms with Crippen molar-refractivity contribution in [3.05, 3.63) is 35.4 Å². The first kappa shape index (κ1) is 13.5. The van der Waals surface area contributed by atoms with Gasteiger partial charge in [-0.3, -0.25) is 0 Å². The molecule has 1 aromatic rings. The number of aryl methyl sites for hydroxylation is 1. The minimum absolute atomic E-state index is 0.515. The highest BCUT2D eigenvalue weighted by molar-refractivity contribution is 5.60. The molecular formula is C18H25NO. The molecule has 2 heteroatoms. The number of anilines is 1. The van der Waals surface area contributed by atoms with Crippen molar-refractivity contribution in [2.75, 3.05) is 12.4 Å². The van der Waals surface area contributed by atoms with E-state index in [1.54, 1.807) is 7.11 Å². The molecule has 0 radical (unpaired) electrons. The van der Waals surface area contributed by atoms with Crippen molar-refractivity contribution in [2.24, 2.45) is 17.8 Å². The van der Waals surface area contributed by atoms with E-state index in [1.807, 2.05) is 0 Å². The Hall–Kier alpha value is -1.44. The van der Waals surface area contributed by atoms with Gasteiger partial charge in [-0.15, -0.1) is 0 Å². The molecule has 0 spiro atoms. The second kappa shape index (κ2) is 5.16. The highest BCUT2D eigenvalue weighted by Crippen LogP contribution is 2.45. The molecule has 0 aromatic heterocycles. The van der Waals surface area contributed by atoms with E-state index >= 15 is 0 Å². The standard InChI is InChI=1S/C18H25NO/c1-11-5-8-17(12(2)18(11)20-4)19-13(3)16-10-14-6-7-15(16)9-14/h5-8,13-16,19H,9-10H2,1-4H3. The minimum Gasteiger partial charge on any atom is -0.496 e. The number of fused-ring (bicyclic) bond motifs is 2. The van der Waals surface area contributed by atoms with E-state index in [0.717, 1.165) is 23.5 Å². The van der Waals surface area contributed by atoms with Crippen molar-refractivity contribution in [3.8, 4) is 5.75 Å². The molecule has 2 nitrogen and oxygen atoms in total. The van der Waals surface area contributed by atoms with Gasteiger partial charge in [0.2, 0.25) is 0 Å². The Morgan fingerprint density at radius 3 is 2.60 bits per heavy atom. The molecule has 108 valence electrons. The molecule has 4 unspecified atom stereocenters. The number of rotatable bonds is 4. The summed E-state index contributed by atoms with van der Waals surface area (Å²) in [4.78, 5) is 0. The molecule has 1 fully saturated rings. The van der Waals surface area contributed by atoms with Gasteiger partial charge in [-0.25, -0.2) is 0 Å². The van der Waals surface area contributed by atoms with Crippen LogP contribution >= 0.6 is 0 Å². The van der Waals surface area contributed by atoms with Crippen molar-refractivity contribution in [1.82, 2.24) is 0 Å². The summed E-state index contributed by atoms with van der Waals surface area (Å²) in [5.41, 5.74) is 3.64. The van der Waals surface area contributed by atoms with Crippen LogP contribution in [0, 0.1) is 31.6 Å². The first-order valence-corrected chi connectivity index (χ1v) is 7.69. The van der Waals surface area contributed by atoms with Crippen LogP contribution in [0.15, 0.2) is 24.3 Å². The van der Waals surface area contributed by atoms with Crippen LogP contribution < -0.4 is 10.1 Å². The smallest absolute Gasteiger partial charge is 0.126 e. The summed E-state index contributed by atoms with van der Waals surface area (Å²) in [6, 6.07) is 4.84. The van der Waals surface area contributed by atoms with Crippen LogP contribution in [-0.4, -0.2) is 13.2 Å². The predicted octanol–water partition coefficient (Wildman–Crippen LogP) is 4.32. The van der Waals surface area contributed by atoms with Crippen LogP contribution in [0.5, 0.6) is 5.75 Å². The van der Waals surface area contributed by atoms with Gasteiger partial charge >= 0.3 is 0 Å². The molecule has 2 aliphatic rings. The molecule has 20 heavy (non-hydrogen) atoms. The van der Waals surface area contributed by atoms with E-state index in [4.69, 9.17) is 4.74 Å². The fourth-order valence-corrected chi connectivity index (χ4v) is 4.05. The highest BCUT2D eigenvalue weighted by atomic mass is 16.5. The summed E-state index contributed by atoms with van der Waals surface area (Å²) < 4.78 is 5.52. The van der Waals surface area contributed by atoms with Crippen molar-refractivity contribution >= 4 is 5.69 Å². The lowest BCUT2D eigenvalue weighted by Crippen LogP contribution is -2.29. The van der Waals surface area contributed by atoms with Crippen LogP contribution in [0.4, 0.5) is 5.69 Å². The summed E-state index contributed by atoms with van der Waals surface area (Å²) in [6.45, 7) is 6.56. The van der Waals surface area contributed by atoms with Crippen molar-refractivity contribution in [1.29, 1.82) is 0 Å². The van der Waals surface area contributed by atoms with E-state index in [9.17, 15) is 0 Å². The molecule has 2 aliphatic carbocycles. The largest absolute Gasteiger partial charge is 0.496 e. The zero-order valence-corrected chi connectivity index (χ0v) is 12.9. The first-order valence-electron chi connectivity index (χ1n) is 7.69. The summed E-state index contributed by atoms with van der Waals surface area (Å²) in [6.07, 6.45) is 7.55. The monoisotopic (exact) mass is 271 g/mol. The quantitative estimate of drug-likeness (QED) is 0.823. The average Bonchev–Trinajstić information content (AvgIpc) is 3.05. The lowest BCUT2D eigenvalue weighted by Gasteiger charge is -2.28. The highest BCUT2D eigenvalue weighted by Gasteiger charge is 2.38. The van der Waals surface area contributed by atoms with Crippen LogP contribution in [0.3, 0.4) is 0 Å². The number of benzene rings is 1. The SMILES string of the molecule is COc1c(C)ccc(NC(C)C2CC3C=CC2C3)c1C. The Morgan fingerprint density at radius 1 is 1.20 bits per heavy atom. The van der Waals surface area contributed by atoms with Crippen LogP contribution in [0.25, 0.3) is 0 Å². The normalized spacial score (nSPS) is 28.7. The van der Waals surface area contributed by atoms with Gasteiger partial charge in [-0.05, 0) is 63.0 Å². The maximum atomic E-state index is 5.52. The van der Waals surface area contributed by atoms with Crippen LogP contribution in [0.1, 0.15) is 30.9 Å². The molecule has 4 atom stereocenters. The van der Waals surface area contributed by atoms with Crippen molar-refractivity contribution < 1.29 is 4.74 Å². The third-order valence-corrected chi connectivity index (χ3v) is 5.16. The van der Waals surface area contributed by atoms with Crippen LogP contribution in [-0.2, 0) is 0 Å². The molecule has 1 N–H and O–H groups in total. The fourth-order valence-electron chi connectivity index (χ4n) is 4.05. The molecule has 0 heterocycles. The molecule has 2 bridgehead atoms. The number of hydrogen-bond acceptors (Lipinski definition) is 2. The second-order valence-corrected chi connectivity index (χ2v) is 6.47. The Balaban J connectivity index is 1.76. The number of ether oxygens (including phenoxy) is 1. The third kappa shape index (κ3) is 2.21. The van der Waals surface area contributed by atoms with Gasteiger partial charge in [-0.1, -0.05) is 18.2 Å². The second-order valence-electron chi connectivity index (χ2n) is 6.47. The van der Waals surface area contributed by atoms with Crippen molar-refractivity contribution in [3.63, 3.8) is 0 Å². The summed E-state index contributed by atoms with van der Waals surface area (Å²) in [7, 11) is 1.75. The van der Waals surface area contributed by atoms with E-state index < -0.39 is 0 Å². The maximum absolute atomic E-state index is 5.52. The van der Waals surface area contributed by atoms with Gasteiger partial charge in [0.15, 0.2) is 0 Å². The Morgan fingerprint density at radius 2 is 2.00 bits per heavy atom. The van der Waals surface area contributed by atoms with E-state index in [0.29, 0.717) is 6.04 Å². The molecule has 0 aliphatic heterocycles. The predicted molar refractivity (Wildman–Crippen MR) is 84.4 cm³/mol. The fraction of sp³-hybridized carbons (Fsp3) is 0.556. The third-order valence-electron chi connectivity index (χ3n) is 5.16. The minimum atomic E-state index is 0.515. The molecule has 1 aromatic carbocycles. The van der Waals surface area contributed by atoms with Gasteiger partial charge in [0, 0.05) is 17.3 Å². The van der Waals surface area contributed by atoms with E-state index in [2.05, 4.69) is 50.4 Å². The summed E-state index contributed by atoms with van der Waals surface area (Å²) >= 11 is 0. The van der Waals surface area contributed by atoms with Crippen molar-refractivity contribution in [2.45, 2.75) is 39.7 Å². The van der Waals surface area contributed by atoms with Gasteiger partial charge in [0.25, 0.3) is 0 Å². The van der Waals surface area contributed by atoms with Crippen LogP contribution in [0.2, 0.25) is 0 Å². The number of methoxy groups -OCH3 is 1. The van der Waals surface area contributed by atoms with Gasteiger partial charge in [0.1, 0.15) is 5.75 Å². The van der Waals surface area contributed by atoms with Gasteiger partial charge in [-0.2, -0.15) is 0 Å². The Labute approximate surface area is 122 Å². The first-order chi connectivity index (χ1) is 9.60. The molecule has 0 amide bonds. The molecular weight excluding hydrogens is 246 g/mol. The Kier molecular flexibility index (Phi) is 3.49. The number of hydrogen-bond donors (Lipinski definition) is 1. The lowest BCUT2D eigenvalue weighted by atomic mass is 9.87. The topological polar surface area (TPSA) is 21.3 Å². The average molecular weight is 271 g/mol. The summed E-state index contributed by atoms with van der Waals surface area (Å²) in [5, 5.41) is 3.72. The molecule has 3 rings (SSSR count). The van der Waals surface area contributed by atoms with Gasteiger partial charge in [0.05, 0.1) is 7.11 Å². The number of nitrogens with one attached hydrogen (secondary N) is 1. The van der Waals surface area contributed by atoms with E-state index in [1.165, 1.54) is 29.7 Å².